The van der Waals surface area contributed by atoms with Crippen LogP contribution in [-0.4, -0.2) is 29.5 Å². The normalized spacial score (nSPS) is 21.9. The fourth-order valence-corrected chi connectivity index (χ4v) is 3.48. The monoisotopic (exact) mass is 280 g/mol. The van der Waals surface area contributed by atoms with E-state index in [1.54, 1.807) is 0 Å². The summed E-state index contributed by atoms with van der Waals surface area (Å²) in [5.74, 6) is 7.48. The Balaban J connectivity index is 2.04. The van der Waals surface area contributed by atoms with Crippen LogP contribution in [0.2, 0.25) is 0 Å². The van der Waals surface area contributed by atoms with Crippen LogP contribution in [-0.2, 0) is 0 Å². The Morgan fingerprint density at radius 1 is 1.15 bits per heavy atom. The number of hydrogen-bond acceptors (Lipinski definition) is 2. The van der Waals surface area contributed by atoms with Crippen molar-refractivity contribution in [2.24, 2.45) is 16.8 Å². The summed E-state index contributed by atoms with van der Waals surface area (Å²) >= 11 is 0. The third kappa shape index (κ3) is 4.37. The molecule has 2 rings (SSSR count). The van der Waals surface area contributed by atoms with Crippen LogP contribution in [0.4, 0.5) is 0 Å². The number of hydrazine groups is 1. The number of nitrogens with zero attached hydrogens (tertiary/aromatic N) is 2. The molecule has 0 aromatic carbocycles. The summed E-state index contributed by atoms with van der Waals surface area (Å²) in [6.45, 7) is 5.66. The fourth-order valence-electron chi connectivity index (χ4n) is 3.48. The summed E-state index contributed by atoms with van der Waals surface area (Å²) in [4.78, 5) is 7.39. The van der Waals surface area contributed by atoms with Gasteiger partial charge in [-0.1, -0.05) is 39.5 Å². The number of nitrogens with one attached hydrogen (secondary N) is 1. The van der Waals surface area contributed by atoms with Gasteiger partial charge in [-0.2, -0.15) is 0 Å². The first kappa shape index (κ1) is 15.6. The lowest BCUT2D eigenvalue weighted by Crippen LogP contribution is -2.50. The molecule has 0 radical (unpaired) electrons. The Morgan fingerprint density at radius 2 is 1.75 bits per heavy atom. The van der Waals surface area contributed by atoms with Crippen molar-refractivity contribution in [2.75, 3.05) is 6.54 Å². The molecule has 2 saturated carbocycles. The smallest absolute Gasteiger partial charge is 0.208 e. The van der Waals surface area contributed by atoms with Crippen LogP contribution in [0.15, 0.2) is 4.99 Å². The average Bonchev–Trinajstić information content (AvgIpc) is 3.10. The van der Waals surface area contributed by atoms with Crippen LogP contribution in [0, 0.1) is 5.92 Å². The molecule has 4 heteroatoms. The van der Waals surface area contributed by atoms with Gasteiger partial charge in [-0.05, 0) is 38.0 Å². The minimum atomic E-state index is 0.490. The maximum absolute atomic E-state index is 5.80. The average molecular weight is 280 g/mol. The molecule has 0 amide bonds. The summed E-state index contributed by atoms with van der Waals surface area (Å²) < 4.78 is 0. The highest BCUT2D eigenvalue weighted by Gasteiger charge is 2.26. The number of rotatable bonds is 5. The molecule has 20 heavy (non-hydrogen) atoms. The number of guanidine groups is 1. The van der Waals surface area contributed by atoms with E-state index in [1.807, 2.05) is 0 Å². The highest BCUT2D eigenvalue weighted by Crippen LogP contribution is 2.26. The Hall–Kier alpha value is -0.770. The van der Waals surface area contributed by atoms with Gasteiger partial charge in [-0.25, -0.2) is 10.8 Å². The highest BCUT2D eigenvalue weighted by atomic mass is 15.4. The molecule has 3 N–H and O–H groups in total. The van der Waals surface area contributed by atoms with Crippen molar-refractivity contribution >= 4 is 5.96 Å². The second-order valence-corrected chi connectivity index (χ2v) is 6.85. The van der Waals surface area contributed by atoms with Gasteiger partial charge in [0.05, 0.1) is 6.04 Å². The van der Waals surface area contributed by atoms with Crippen LogP contribution in [0.5, 0.6) is 0 Å². The molecule has 0 unspecified atom stereocenters. The molecule has 0 heterocycles. The lowest BCUT2D eigenvalue weighted by molar-refractivity contribution is 0.285. The van der Waals surface area contributed by atoms with Crippen molar-refractivity contribution in [3.05, 3.63) is 0 Å². The molecule has 0 aliphatic heterocycles. The molecule has 0 spiro atoms. The summed E-state index contributed by atoms with van der Waals surface area (Å²) in [5.41, 5.74) is 2.91. The Morgan fingerprint density at radius 3 is 2.30 bits per heavy atom. The van der Waals surface area contributed by atoms with Gasteiger partial charge in [0.2, 0.25) is 5.96 Å². The molecule has 0 saturated heterocycles. The first-order valence-electron chi connectivity index (χ1n) is 8.51. The Labute approximate surface area is 124 Å². The minimum Gasteiger partial charge on any atom is -0.339 e. The van der Waals surface area contributed by atoms with Gasteiger partial charge in [0.25, 0.3) is 0 Å². The largest absolute Gasteiger partial charge is 0.339 e. The van der Waals surface area contributed by atoms with E-state index in [2.05, 4.69) is 24.2 Å². The molecule has 2 aliphatic carbocycles. The van der Waals surface area contributed by atoms with Crippen LogP contribution < -0.4 is 11.3 Å². The summed E-state index contributed by atoms with van der Waals surface area (Å²) in [6, 6.07) is 1.13. The molecule has 0 bridgehead atoms. The predicted molar refractivity (Wildman–Crippen MR) is 85.4 cm³/mol. The van der Waals surface area contributed by atoms with E-state index in [0.717, 1.165) is 18.4 Å². The molecule has 2 aliphatic rings. The zero-order chi connectivity index (χ0) is 14.4. The molecule has 0 aromatic rings. The van der Waals surface area contributed by atoms with E-state index < -0.39 is 0 Å². The number of hydrogen-bond donors (Lipinski definition) is 2. The molecule has 116 valence electrons. The maximum atomic E-state index is 5.80. The molecular weight excluding hydrogens is 248 g/mol. The topological polar surface area (TPSA) is 53.6 Å². The van der Waals surface area contributed by atoms with Crippen molar-refractivity contribution in [3.63, 3.8) is 0 Å². The van der Waals surface area contributed by atoms with Crippen molar-refractivity contribution in [1.82, 2.24) is 10.3 Å². The Bertz CT molecular complexity index is 302. The van der Waals surface area contributed by atoms with Crippen LogP contribution in [0.25, 0.3) is 0 Å². The van der Waals surface area contributed by atoms with Crippen LogP contribution in [0.1, 0.15) is 71.6 Å². The highest BCUT2D eigenvalue weighted by molar-refractivity contribution is 5.80. The lowest BCUT2D eigenvalue weighted by Gasteiger charge is -2.32. The second kappa shape index (κ2) is 7.87. The SMILES string of the molecule is CC(C)CCN(C(=NC1CCCC1)NN)C1CCCC1. The van der Waals surface area contributed by atoms with Gasteiger partial charge >= 0.3 is 0 Å². The lowest BCUT2D eigenvalue weighted by atomic mass is 10.1. The van der Waals surface area contributed by atoms with Gasteiger partial charge in [0, 0.05) is 12.6 Å². The second-order valence-electron chi connectivity index (χ2n) is 6.85. The van der Waals surface area contributed by atoms with E-state index in [-0.39, 0.29) is 0 Å². The van der Waals surface area contributed by atoms with Crippen LogP contribution in [0.3, 0.4) is 0 Å². The van der Waals surface area contributed by atoms with E-state index in [0.29, 0.717) is 12.1 Å². The maximum Gasteiger partial charge on any atom is 0.208 e. The number of aliphatic imine (C=N–C) groups is 1. The van der Waals surface area contributed by atoms with Crippen molar-refractivity contribution in [1.29, 1.82) is 0 Å². The first-order chi connectivity index (χ1) is 9.70. The van der Waals surface area contributed by atoms with E-state index in [4.69, 9.17) is 10.8 Å². The van der Waals surface area contributed by atoms with Crippen molar-refractivity contribution in [2.45, 2.75) is 83.7 Å². The summed E-state index contributed by atoms with van der Waals surface area (Å²) in [6.07, 6.45) is 11.6. The summed E-state index contributed by atoms with van der Waals surface area (Å²) in [7, 11) is 0. The molecule has 2 fully saturated rings. The third-order valence-corrected chi connectivity index (χ3v) is 4.74. The van der Waals surface area contributed by atoms with Gasteiger partial charge in [-0.15, -0.1) is 0 Å². The zero-order valence-electron chi connectivity index (χ0n) is 13.3. The summed E-state index contributed by atoms with van der Waals surface area (Å²) in [5, 5.41) is 0. The molecule has 0 atom stereocenters. The van der Waals surface area contributed by atoms with Gasteiger partial charge in [0.15, 0.2) is 0 Å². The molecular formula is C16H32N4. The standard InChI is InChI=1S/C16H32N4/c1-13(2)11-12-20(15-9-5-6-10-15)16(19-17)18-14-7-3-4-8-14/h13-15H,3-12,17H2,1-2H3,(H,18,19). The van der Waals surface area contributed by atoms with Crippen molar-refractivity contribution < 1.29 is 0 Å². The van der Waals surface area contributed by atoms with E-state index >= 15 is 0 Å². The molecule has 0 aromatic heterocycles. The first-order valence-corrected chi connectivity index (χ1v) is 8.51. The Kier molecular flexibility index (Phi) is 6.14. The van der Waals surface area contributed by atoms with E-state index in [9.17, 15) is 0 Å². The third-order valence-electron chi connectivity index (χ3n) is 4.74. The van der Waals surface area contributed by atoms with E-state index in [1.165, 1.54) is 57.8 Å². The number of nitrogens with two attached hydrogens (primary N) is 1. The van der Waals surface area contributed by atoms with Gasteiger partial charge in [-0.3, -0.25) is 5.43 Å². The van der Waals surface area contributed by atoms with Gasteiger partial charge < -0.3 is 4.90 Å². The quantitative estimate of drug-likeness (QED) is 0.352. The fraction of sp³-hybridized carbons (Fsp3) is 0.938. The molecule has 4 nitrogen and oxygen atoms in total. The zero-order valence-corrected chi connectivity index (χ0v) is 13.3. The predicted octanol–water partition coefficient (Wildman–Crippen LogP) is 3.04. The van der Waals surface area contributed by atoms with Crippen molar-refractivity contribution in [3.8, 4) is 0 Å². The van der Waals surface area contributed by atoms with Gasteiger partial charge in [0.1, 0.15) is 0 Å². The minimum absolute atomic E-state index is 0.490. The van der Waals surface area contributed by atoms with Crippen LogP contribution >= 0.6 is 0 Å².